The Kier molecular flexibility index (Phi) is 3.15. The van der Waals surface area contributed by atoms with Crippen molar-refractivity contribution in [2.45, 2.75) is 6.42 Å². The number of carbonyl (C=O) groups excluding carboxylic acids is 1. The third-order valence-electron chi connectivity index (χ3n) is 2.66. The van der Waals surface area contributed by atoms with Crippen LogP contribution in [0.4, 0.5) is 0 Å². The molecule has 0 fully saturated rings. The van der Waals surface area contributed by atoms with Gasteiger partial charge in [0, 0.05) is 13.6 Å². The van der Waals surface area contributed by atoms with Crippen molar-refractivity contribution in [3.63, 3.8) is 0 Å². The Morgan fingerprint density at radius 2 is 2.33 bits per heavy atom. The molecule has 6 nitrogen and oxygen atoms in total. The molecular weight excluding hydrogens is 234 g/mol. The molecule has 92 valence electrons. The van der Waals surface area contributed by atoms with Crippen LogP contribution in [0.5, 0.6) is 0 Å². The summed E-state index contributed by atoms with van der Waals surface area (Å²) >= 11 is 0. The molecule has 6 heteroatoms. The second-order valence-corrected chi connectivity index (χ2v) is 3.85. The van der Waals surface area contributed by atoms with E-state index in [0.717, 1.165) is 11.1 Å². The van der Waals surface area contributed by atoms with E-state index in [0.29, 0.717) is 18.5 Å². The number of nitriles is 1. The highest BCUT2D eigenvalue weighted by Gasteiger charge is 2.06. The van der Waals surface area contributed by atoms with Gasteiger partial charge in [-0.3, -0.25) is 9.36 Å². The number of nitrogens with zero attached hydrogens (tertiary/aromatic N) is 2. The molecule has 0 saturated carbocycles. The van der Waals surface area contributed by atoms with Gasteiger partial charge in [-0.2, -0.15) is 5.26 Å². The Bertz CT molecular complexity index is 691. The van der Waals surface area contributed by atoms with Crippen LogP contribution in [0.3, 0.4) is 0 Å². The Morgan fingerprint density at radius 1 is 1.56 bits per heavy atom. The summed E-state index contributed by atoms with van der Waals surface area (Å²) in [6.07, 6.45) is 0.571. The standard InChI is InChI=1S/C12H11N3O3/c1-15-9-3-2-8(4-5-14-11(16)7-13)6-10(9)18-12(15)17/h2-3,6H,4-5H2,1H3,(H,14,16). The number of carbonyl (C=O) groups is 1. The second-order valence-electron chi connectivity index (χ2n) is 3.85. The number of hydrogen-bond acceptors (Lipinski definition) is 4. The fourth-order valence-corrected chi connectivity index (χ4v) is 1.69. The molecule has 0 atom stereocenters. The SMILES string of the molecule is Cn1c(=O)oc2cc(CCNC(=O)C#N)ccc21. The first-order chi connectivity index (χ1) is 8.61. The molecule has 1 heterocycles. The van der Waals surface area contributed by atoms with Gasteiger partial charge in [0.15, 0.2) is 11.7 Å². The minimum absolute atomic E-state index is 0.370. The summed E-state index contributed by atoms with van der Waals surface area (Å²) in [6.45, 7) is 0.370. The molecular formula is C12H11N3O3. The molecule has 0 spiro atoms. The molecule has 0 saturated heterocycles. The molecule has 2 aromatic rings. The summed E-state index contributed by atoms with van der Waals surface area (Å²) in [7, 11) is 1.64. The number of benzene rings is 1. The van der Waals surface area contributed by atoms with Crippen LogP contribution in [0.1, 0.15) is 5.56 Å². The molecule has 2 rings (SSSR count). The third kappa shape index (κ3) is 2.25. The van der Waals surface area contributed by atoms with E-state index in [4.69, 9.17) is 9.68 Å². The van der Waals surface area contributed by atoms with Gasteiger partial charge in [-0.05, 0) is 24.1 Å². The maximum Gasteiger partial charge on any atom is 0.419 e. The molecule has 18 heavy (non-hydrogen) atoms. The van der Waals surface area contributed by atoms with E-state index in [9.17, 15) is 9.59 Å². The molecule has 0 radical (unpaired) electrons. The number of oxazole rings is 1. The summed E-state index contributed by atoms with van der Waals surface area (Å²) in [5.74, 6) is -1.05. The van der Waals surface area contributed by atoms with Gasteiger partial charge in [0.2, 0.25) is 0 Å². The summed E-state index contributed by atoms with van der Waals surface area (Å²) in [5.41, 5.74) is 2.17. The van der Waals surface area contributed by atoms with E-state index in [2.05, 4.69) is 5.32 Å². The van der Waals surface area contributed by atoms with Crippen LogP contribution in [0.25, 0.3) is 11.1 Å². The highest BCUT2D eigenvalue weighted by atomic mass is 16.4. The zero-order valence-electron chi connectivity index (χ0n) is 9.77. The van der Waals surface area contributed by atoms with Crippen molar-refractivity contribution in [1.29, 1.82) is 5.26 Å². The van der Waals surface area contributed by atoms with Gasteiger partial charge in [0.05, 0.1) is 5.52 Å². The molecule has 0 bridgehead atoms. The first kappa shape index (κ1) is 11.9. The number of fused-ring (bicyclic) bond motifs is 1. The van der Waals surface area contributed by atoms with Crippen molar-refractivity contribution in [3.8, 4) is 6.07 Å². The van der Waals surface area contributed by atoms with E-state index < -0.39 is 11.7 Å². The largest absolute Gasteiger partial charge is 0.419 e. The third-order valence-corrected chi connectivity index (χ3v) is 2.66. The molecule has 0 aliphatic heterocycles. The van der Waals surface area contributed by atoms with E-state index in [1.807, 2.05) is 6.07 Å². The average Bonchev–Trinajstić information content (AvgIpc) is 2.64. The smallest absolute Gasteiger partial charge is 0.408 e. The topological polar surface area (TPSA) is 88.0 Å². The zero-order chi connectivity index (χ0) is 13.1. The van der Waals surface area contributed by atoms with Crippen LogP contribution < -0.4 is 11.1 Å². The molecule has 1 aromatic heterocycles. The summed E-state index contributed by atoms with van der Waals surface area (Å²) in [5, 5.41) is 10.7. The van der Waals surface area contributed by atoms with Crippen molar-refractivity contribution in [2.24, 2.45) is 7.05 Å². The maximum atomic E-state index is 11.3. The monoisotopic (exact) mass is 245 g/mol. The van der Waals surface area contributed by atoms with Gasteiger partial charge in [-0.25, -0.2) is 4.79 Å². The lowest BCUT2D eigenvalue weighted by atomic mass is 10.1. The minimum atomic E-state index is -0.651. The molecule has 1 N–H and O–H groups in total. The van der Waals surface area contributed by atoms with Gasteiger partial charge in [-0.1, -0.05) is 6.07 Å². The van der Waals surface area contributed by atoms with E-state index in [1.165, 1.54) is 10.6 Å². The Morgan fingerprint density at radius 3 is 3.06 bits per heavy atom. The number of nitrogens with one attached hydrogen (secondary N) is 1. The predicted octanol–water partition coefficient (Wildman–Crippen LogP) is 0.314. The predicted molar refractivity (Wildman–Crippen MR) is 63.8 cm³/mol. The normalized spacial score (nSPS) is 10.2. The molecule has 1 aromatic carbocycles. The van der Waals surface area contributed by atoms with Gasteiger partial charge in [0.25, 0.3) is 0 Å². The minimum Gasteiger partial charge on any atom is -0.408 e. The molecule has 1 amide bonds. The highest BCUT2D eigenvalue weighted by molar-refractivity contribution is 5.91. The lowest BCUT2D eigenvalue weighted by Crippen LogP contribution is -2.23. The Balaban J connectivity index is 2.14. The summed E-state index contributed by atoms with van der Waals surface area (Å²) < 4.78 is 6.48. The number of rotatable bonds is 3. The maximum absolute atomic E-state index is 11.3. The second kappa shape index (κ2) is 4.75. The Labute approximate surface area is 102 Å². The van der Waals surface area contributed by atoms with Crippen LogP contribution in [0.2, 0.25) is 0 Å². The Hall–Kier alpha value is -2.55. The number of aryl methyl sites for hydroxylation is 1. The van der Waals surface area contributed by atoms with Crippen molar-refractivity contribution in [3.05, 3.63) is 34.3 Å². The molecule has 0 aliphatic carbocycles. The number of aromatic nitrogens is 1. The van der Waals surface area contributed by atoms with Crippen molar-refractivity contribution in [2.75, 3.05) is 6.54 Å². The highest BCUT2D eigenvalue weighted by Crippen LogP contribution is 2.14. The average molecular weight is 245 g/mol. The zero-order valence-corrected chi connectivity index (χ0v) is 9.77. The van der Waals surface area contributed by atoms with E-state index >= 15 is 0 Å². The lowest BCUT2D eigenvalue weighted by Gasteiger charge is -2.01. The number of amides is 1. The summed E-state index contributed by atoms with van der Waals surface area (Å²) in [4.78, 5) is 22.0. The van der Waals surface area contributed by atoms with Crippen LogP contribution in [-0.4, -0.2) is 17.0 Å². The number of hydrogen-bond donors (Lipinski definition) is 1. The lowest BCUT2D eigenvalue weighted by molar-refractivity contribution is -0.115. The van der Waals surface area contributed by atoms with Crippen molar-refractivity contribution < 1.29 is 9.21 Å². The van der Waals surface area contributed by atoms with Crippen LogP contribution in [-0.2, 0) is 18.3 Å². The molecule has 0 unspecified atom stereocenters. The van der Waals surface area contributed by atoms with E-state index in [1.54, 1.807) is 19.2 Å². The first-order valence-corrected chi connectivity index (χ1v) is 5.38. The molecule has 0 aliphatic rings. The van der Waals surface area contributed by atoms with Crippen LogP contribution in [0.15, 0.2) is 27.4 Å². The fraction of sp³-hybridized carbons (Fsp3) is 0.250. The van der Waals surface area contributed by atoms with Gasteiger partial charge in [0.1, 0.15) is 0 Å². The summed E-state index contributed by atoms with van der Waals surface area (Å²) in [6, 6.07) is 6.89. The van der Waals surface area contributed by atoms with Gasteiger partial charge in [-0.15, -0.1) is 0 Å². The van der Waals surface area contributed by atoms with Crippen LogP contribution in [0, 0.1) is 11.3 Å². The quantitative estimate of drug-likeness (QED) is 0.788. The van der Waals surface area contributed by atoms with Gasteiger partial charge < -0.3 is 9.73 Å². The van der Waals surface area contributed by atoms with Crippen molar-refractivity contribution in [1.82, 2.24) is 9.88 Å². The van der Waals surface area contributed by atoms with Gasteiger partial charge >= 0.3 is 11.7 Å². The van der Waals surface area contributed by atoms with Crippen LogP contribution >= 0.6 is 0 Å². The first-order valence-electron chi connectivity index (χ1n) is 5.38. The fourth-order valence-electron chi connectivity index (χ4n) is 1.69. The van der Waals surface area contributed by atoms with E-state index in [-0.39, 0.29) is 0 Å². The van der Waals surface area contributed by atoms with Crippen molar-refractivity contribution >= 4 is 17.0 Å².